The van der Waals surface area contributed by atoms with Crippen molar-refractivity contribution in [3.8, 4) is 0 Å². The highest BCUT2D eigenvalue weighted by molar-refractivity contribution is 5.97. The maximum Gasteiger partial charge on any atom is 0.241 e. The molecule has 21 heavy (non-hydrogen) atoms. The van der Waals surface area contributed by atoms with Gasteiger partial charge in [-0.1, -0.05) is 18.9 Å². The first-order valence-electron chi connectivity index (χ1n) is 7.49. The van der Waals surface area contributed by atoms with Crippen molar-refractivity contribution in [1.29, 1.82) is 0 Å². The van der Waals surface area contributed by atoms with Crippen LogP contribution in [0, 0.1) is 6.92 Å². The Labute approximate surface area is 125 Å². The van der Waals surface area contributed by atoms with Gasteiger partial charge in [-0.3, -0.25) is 9.59 Å². The molecule has 1 saturated heterocycles. The van der Waals surface area contributed by atoms with Crippen molar-refractivity contribution in [2.24, 2.45) is 0 Å². The van der Waals surface area contributed by atoms with Crippen molar-refractivity contribution >= 4 is 23.2 Å². The van der Waals surface area contributed by atoms with Crippen LogP contribution < -0.4 is 16.0 Å². The number of hydrogen-bond donors (Lipinski definition) is 3. The van der Waals surface area contributed by atoms with E-state index in [2.05, 4.69) is 16.0 Å². The molecule has 1 aliphatic rings. The second-order valence-corrected chi connectivity index (χ2v) is 5.56. The van der Waals surface area contributed by atoms with E-state index in [4.69, 9.17) is 0 Å². The molecule has 0 aromatic heterocycles. The molecule has 0 radical (unpaired) electrons. The van der Waals surface area contributed by atoms with Crippen molar-refractivity contribution in [2.75, 3.05) is 17.2 Å². The van der Waals surface area contributed by atoms with Gasteiger partial charge in [0.25, 0.3) is 0 Å². The van der Waals surface area contributed by atoms with Gasteiger partial charge in [0.2, 0.25) is 11.8 Å². The van der Waals surface area contributed by atoms with Crippen molar-refractivity contribution in [2.45, 2.75) is 45.6 Å². The third kappa shape index (κ3) is 4.56. The first kappa shape index (κ1) is 15.5. The van der Waals surface area contributed by atoms with Crippen molar-refractivity contribution in [1.82, 2.24) is 5.32 Å². The Bertz CT molecular complexity index is 520. The first-order chi connectivity index (χ1) is 10.1. The highest BCUT2D eigenvalue weighted by Crippen LogP contribution is 2.21. The molecule has 1 aromatic rings. The fourth-order valence-electron chi connectivity index (χ4n) is 2.51. The number of hydrogen-bond acceptors (Lipinski definition) is 3. The summed E-state index contributed by atoms with van der Waals surface area (Å²) in [7, 11) is 0. The number of nitrogens with one attached hydrogen (secondary N) is 3. The molecule has 0 bridgehead atoms. The van der Waals surface area contributed by atoms with Crippen LogP contribution in [0.3, 0.4) is 0 Å². The minimum absolute atomic E-state index is 0.0000231. The summed E-state index contributed by atoms with van der Waals surface area (Å²) < 4.78 is 0. The zero-order valence-electron chi connectivity index (χ0n) is 12.7. The second-order valence-electron chi connectivity index (χ2n) is 5.56. The zero-order chi connectivity index (χ0) is 15.2. The molecule has 3 N–H and O–H groups in total. The summed E-state index contributed by atoms with van der Waals surface area (Å²) in [6.45, 7) is 4.30. The summed E-state index contributed by atoms with van der Waals surface area (Å²) in [6.07, 6.45) is 4.25. The van der Waals surface area contributed by atoms with Crippen LogP contribution in [0.2, 0.25) is 0 Å². The fourth-order valence-corrected chi connectivity index (χ4v) is 2.51. The van der Waals surface area contributed by atoms with Crippen LogP contribution in [0.25, 0.3) is 0 Å². The number of aryl methyl sites for hydroxylation is 1. The Hall–Kier alpha value is -1.88. The van der Waals surface area contributed by atoms with E-state index in [0.29, 0.717) is 5.69 Å². The van der Waals surface area contributed by atoms with Crippen LogP contribution >= 0.6 is 0 Å². The van der Waals surface area contributed by atoms with E-state index in [-0.39, 0.29) is 17.9 Å². The molecule has 114 valence electrons. The molecule has 5 nitrogen and oxygen atoms in total. The van der Waals surface area contributed by atoms with Crippen molar-refractivity contribution < 1.29 is 9.59 Å². The number of carbonyl (C=O) groups is 2. The van der Waals surface area contributed by atoms with E-state index in [9.17, 15) is 9.59 Å². The van der Waals surface area contributed by atoms with Gasteiger partial charge in [-0.25, -0.2) is 0 Å². The lowest BCUT2D eigenvalue weighted by atomic mass is 10.1. The smallest absolute Gasteiger partial charge is 0.241 e. The molecule has 1 aromatic carbocycles. The zero-order valence-corrected chi connectivity index (χ0v) is 12.7. The molecule has 0 aliphatic carbocycles. The summed E-state index contributed by atoms with van der Waals surface area (Å²) in [6, 6.07) is 5.39. The molecule has 0 saturated carbocycles. The average Bonchev–Trinajstić information content (AvgIpc) is 2.71. The molecule has 1 atom stereocenters. The van der Waals surface area contributed by atoms with Crippen LogP contribution in [0.4, 0.5) is 11.4 Å². The molecule has 2 amide bonds. The third-order valence-corrected chi connectivity index (χ3v) is 3.69. The monoisotopic (exact) mass is 289 g/mol. The highest BCUT2D eigenvalue weighted by Gasteiger charge is 2.20. The molecular formula is C16H23N3O2. The van der Waals surface area contributed by atoms with Gasteiger partial charge in [0.1, 0.15) is 0 Å². The van der Waals surface area contributed by atoms with Crippen LogP contribution in [0.1, 0.15) is 38.2 Å². The quantitative estimate of drug-likeness (QED) is 0.800. The number of benzene rings is 1. The Morgan fingerprint density at radius 1 is 1.19 bits per heavy atom. The lowest BCUT2D eigenvalue weighted by Gasteiger charge is -2.17. The van der Waals surface area contributed by atoms with E-state index in [1.54, 1.807) is 6.07 Å². The van der Waals surface area contributed by atoms with E-state index < -0.39 is 0 Å². The molecule has 1 fully saturated rings. The average molecular weight is 289 g/mol. The predicted octanol–water partition coefficient (Wildman–Crippen LogP) is 2.42. The largest absolute Gasteiger partial charge is 0.326 e. The molecule has 0 spiro atoms. The summed E-state index contributed by atoms with van der Waals surface area (Å²) in [5.74, 6) is -0.124. The van der Waals surface area contributed by atoms with E-state index >= 15 is 0 Å². The molecule has 1 unspecified atom stereocenters. The van der Waals surface area contributed by atoms with Crippen molar-refractivity contribution in [3.63, 3.8) is 0 Å². The predicted molar refractivity (Wildman–Crippen MR) is 84.4 cm³/mol. The van der Waals surface area contributed by atoms with Gasteiger partial charge >= 0.3 is 0 Å². The van der Waals surface area contributed by atoms with Gasteiger partial charge in [0, 0.05) is 18.3 Å². The van der Waals surface area contributed by atoms with E-state index in [1.165, 1.54) is 13.3 Å². The van der Waals surface area contributed by atoms with E-state index in [1.807, 2.05) is 19.1 Å². The minimum Gasteiger partial charge on any atom is -0.326 e. The van der Waals surface area contributed by atoms with Crippen LogP contribution in [0.15, 0.2) is 18.2 Å². The maximum atomic E-state index is 12.3. The minimum atomic E-state index is -0.128. The molecule has 5 heteroatoms. The molecule has 1 heterocycles. The summed E-state index contributed by atoms with van der Waals surface area (Å²) in [5.41, 5.74) is 2.42. The number of rotatable bonds is 3. The first-order valence-corrected chi connectivity index (χ1v) is 7.49. The van der Waals surface area contributed by atoms with Crippen LogP contribution in [-0.2, 0) is 9.59 Å². The van der Waals surface area contributed by atoms with Gasteiger partial charge in [-0.2, -0.15) is 0 Å². The van der Waals surface area contributed by atoms with Gasteiger partial charge in [-0.05, 0) is 44.0 Å². The number of carbonyl (C=O) groups excluding carboxylic acids is 2. The Balaban J connectivity index is 2.06. The van der Waals surface area contributed by atoms with Gasteiger partial charge < -0.3 is 16.0 Å². The van der Waals surface area contributed by atoms with Gasteiger partial charge in [0.05, 0.1) is 6.04 Å². The fraction of sp³-hybridized carbons (Fsp3) is 0.500. The van der Waals surface area contributed by atoms with E-state index in [0.717, 1.165) is 37.1 Å². The molecule has 1 aliphatic heterocycles. The van der Waals surface area contributed by atoms with Crippen LogP contribution in [0.5, 0.6) is 0 Å². The van der Waals surface area contributed by atoms with Crippen molar-refractivity contribution in [3.05, 3.63) is 23.8 Å². The van der Waals surface area contributed by atoms with Crippen LogP contribution in [-0.4, -0.2) is 24.4 Å². The van der Waals surface area contributed by atoms with Gasteiger partial charge in [-0.15, -0.1) is 0 Å². The third-order valence-electron chi connectivity index (χ3n) is 3.69. The topological polar surface area (TPSA) is 70.2 Å². The summed E-state index contributed by atoms with van der Waals surface area (Å²) >= 11 is 0. The SMILES string of the molecule is CC(=O)Nc1ccc(C)c(NC(=O)C2CCCCCN2)c1. The highest BCUT2D eigenvalue weighted by atomic mass is 16.2. The lowest BCUT2D eigenvalue weighted by Crippen LogP contribution is -2.40. The lowest BCUT2D eigenvalue weighted by molar-refractivity contribution is -0.118. The standard InChI is InChI=1S/C16H23N3O2/c1-11-7-8-13(18-12(2)20)10-15(11)19-16(21)14-6-4-3-5-9-17-14/h7-8,10,14,17H,3-6,9H2,1-2H3,(H,18,20)(H,19,21). The Morgan fingerprint density at radius 3 is 2.76 bits per heavy atom. The maximum absolute atomic E-state index is 12.3. The Kier molecular flexibility index (Phi) is 5.33. The molecule has 2 rings (SSSR count). The number of amides is 2. The molecular weight excluding hydrogens is 266 g/mol. The summed E-state index contributed by atoms with van der Waals surface area (Å²) in [4.78, 5) is 23.5. The van der Waals surface area contributed by atoms with Gasteiger partial charge in [0.15, 0.2) is 0 Å². The Morgan fingerprint density at radius 2 is 2.00 bits per heavy atom. The second kappa shape index (κ2) is 7.22. The number of anilines is 2. The normalized spacial score (nSPS) is 18.7. The summed E-state index contributed by atoms with van der Waals surface area (Å²) in [5, 5.41) is 8.98.